The van der Waals surface area contributed by atoms with Gasteiger partial charge in [-0.3, -0.25) is 0 Å². The highest BCUT2D eigenvalue weighted by Crippen LogP contribution is 2.26. The van der Waals surface area contributed by atoms with E-state index >= 15 is 0 Å². The van der Waals surface area contributed by atoms with Gasteiger partial charge in [0, 0.05) is 21.4 Å². The zero-order valence-electron chi connectivity index (χ0n) is 10.6. The zero-order chi connectivity index (χ0) is 15.0. The first-order valence-corrected chi connectivity index (χ1v) is 8.43. The molecule has 0 atom stereocenters. The van der Waals surface area contributed by atoms with Crippen LogP contribution < -0.4 is 0 Å². The van der Waals surface area contributed by atoms with Crippen LogP contribution >= 0.6 is 22.6 Å². The zero-order valence-corrected chi connectivity index (χ0v) is 13.5. The van der Waals surface area contributed by atoms with Crippen molar-refractivity contribution in [1.82, 2.24) is 8.96 Å². The maximum atomic E-state index is 12.7. The number of hydrogen-bond acceptors (Lipinski definition) is 4. The molecule has 0 aliphatic rings. The van der Waals surface area contributed by atoms with E-state index in [0.717, 1.165) is 7.54 Å². The number of benzene rings is 1. The van der Waals surface area contributed by atoms with Gasteiger partial charge in [0.05, 0.1) is 10.5 Å². The monoisotopic (exact) mass is 409 g/mol. The summed E-state index contributed by atoms with van der Waals surface area (Å²) in [6, 6.07) is 11.8. The average molecular weight is 409 g/mol. The lowest BCUT2D eigenvalue weighted by Gasteiger charge is -2.06. The Kier molecular flexibility index (Phi) is 3.43. The SMILES string of the molecule is N#Cc1cnc2c(c1)c(I)cn2S(=O)(=O)c1ccccc1. The molecule has 104 valence electrons. The minimum atomic E-state index is -3.70. The fourth-order valence-electron chi connectivity index (χ4n) is 1.99. The number of rotatable bonds is 2. The summed E-state index contributed by atoms with van der Waals surface area (Å²) in [4.78, 5) is 4.32. The molecule has 5 nitrogen and oxygen atoms in total. The third-order valence-electron chi connectivity index (χ3n) is 2.99. The summed E-state index contributed by atoms with van der Waals surface area (Å²) in [5, 5.41) is 9.56. The van der Waals surface area contributed by atoms with Crippen molar-refractivity contribution >= 4 is 43.6 Å². The fraction of sp³-hybridized carbons (Fsp3) is 0. The first kappa shape index (κ1) is 14.0. The Morgan fingerprint density at radius 2 is 1.95 bits per heavy atom. The van der Waals surface area contributed by atoms with Gasteiger partial charge in [0.2, 0.25) is 0 Å². The first-order valence-electron chi connectivity index (χ1n) is 5.91. The summed E-state index contributed by atoms with van der Waals surface area (Å²) in [6.45, 7) is 0. The van der Waals surface area contributed by atoms with E-state index in [-0.39, 0.29) is 4.90 Å². The molecule has 0 amide bonds. The molecule has 0 saturated heterocycles. The van der Waals surface area contributed by atoms with Crippen molar-refractivity contribution in [2.75, 3.05) is 0 Å². The molecule has 0 aliphatic heterocycles. The number of nitrogens with zero attached hydrogens (tertiary/aromatic N) is 3. The van der Waals surface area contributed by atoms with Crippen molar-refractivity contribution < 1.29 is 8.42 Å². The summed E-state index contributed by atoms with van der Waals surface area (Å²) in [7, 11) is -3.70. The van der Waals surface area contributed by atoms with Crippen LogP contribution in [0, 0.1) is 14.9 Å². The van der Waals surface area contributed by atoms with Gasteiger partial charge in [0.25, 0.3) is 10.0 Å². The lowest BCUT2D eigenvalue weighted by atomic mass is 10.2. The van der Waals surface area contributed by atoms with E-state index in [0.29, 0.717) is 16.6 Å². The van der Waals surface area contributed by atoms with Crippen LogP contribution in [0.5, 0.6) is 0 Å². The standard InChI is InChI=1S/C14H8IN3O2S/c15-13-9-18(14-12(13)6-10(7-16)8-17-14)21(19,20)11-4-2-1-3-5-11/h1-6,8-9H. The maximum Gasteiger partial charge on any atom is 0.269 e. The Morgan fingerprint density at radius 1 is 1.24 bits per heavy atom. The summed E-state index contributed by atoms with van der Waals surface area (Å²) < 4.78 is 27.2. The molecule has 0 saturated carbocycles. The van der Waals surface area contributed by atoms with Crippen LogP contribution in [0.15, 0.2) is 53.7 Å². The quantitative estimate of drug-likeness (QED) is 0.610. The molecule has 2 heterocycles. The van der Waals surface area contributed by atoms with Crippen LogP contribution in [-0.4, -0.2) is 17.4 Å². The molecule has 0 fully saturated rings. The van der Waals surface area contributed by atoms with Crippen molar-refractivity contribution in [2.24, 2.45) is 0 Å². The molecule has 7 heteroatoms. The predicted molar refractivity (Wildman–Crippen MR) is 86.2 cm³/mol. The van der Waals surface area contributed by atoms with Gasteiger partial charge in [-0.2, -0.15) is 5.26 Å². The molecular weight excluding hydrogens is 401 g/mol. The molecule has 0 aliphatic carbocycles. The number of hydrogen-bond donors (Lipinski definition) is 0. The molecule has 0 bridgehead atoms. The third kappa shape index (κ3) is 2.30. The molecule has 2 aromatic heterocycles. The lowest BCUT2D eigenvalue weighted by Crippen LogP contribution is -2.12. The Morgan fingerprint density at radius 3 is 2.62 bits per heavy atom. The summed E-state index contributed by atoms with van der Waals surface area (Å²) in [5.74, 6) is 0. The molecular formula is C14H8IN3O2S. The van der Waals surface area contributed by atoms with Crippen molar-refractivity contribution in [3.63, 3.8) is 0 Å². The fourth-order valence-corrected chi connectivity index (χ4v) is 4.20. The smallest absolute Gasteiger partial charge is 0.236 e. The topological polar surface area (TPSA) is 75.8 Å². The van der Waals surface area contributed by atoms with Crippen LogP contribution in [0.3, 0.4) is 0 Å². The minimum Gasteiger partial charge on any atom is -0.236 e. The van der Waals surface area contributed by atoms with E-state index < -0.39 is 10.0 Å². The van der Waals surface area contributed by atoms with Gasteiger partial charge >= 0.3 is 0 Å². The van der Waals surface area contributed by atoms with Gasteiger partial charge in [0.1, 0.15) is 6.07 Å². The van der Waals surface area contributed by atoms with Crippen LogP contribution in [0.25, 0.3) is 11.0 Å². The number of aromatic nitrogens is 2. The second-order valence-corrected chi connectivity index (χ2v) is 7.28. The molecule has 3 aromatic rings. The third-order valence-corrected chi connectivity index (χ3v) is 5.52. The highest BCUT2D eigenvalue weighted by atomic mass is 127. The molecule has 0 radical (unpaired) electrons. The number of nitriles is 1. The summed E-state index contributed by atoms with van der Waals surface area (Å²) in [5.41, 5.74) is 0.720. The van der Waals surface area contributed by atoms with E-state index in [4.69, 9.17) is 5.26 Å². The van der Waals surface area contributed by atoms with Gasteiger partial charge in [-0.25, -0.2) is 17.4 Å². The van der Waals surface area contributed by atoms with E-state index in [1.807, 2.05) is 28.7 Å². The second kappa shape index (κ2) is 5.13. The molecule has 21 heavy (non-hydrogen) atoms. The van der Waals surface area contributed by atoms with Crippen molar-refractivity contribution in [3.8, 4) is 6.07 Å². The van der Waals surface area contributed by atoms with Crippen molar-refractivity contribution in [1.29, 1.82) is 5.26 Å². The predicted octanol–water partition coefficient (Wildman–Crippen LogP) is 2.75. The van der Waals surface area contributed by atoms with Gasteiger partial charge in [-0.1, -0.05) is 18.2 Å². The highest BCUT2D eigenvalue weighted by molar-refractivity contribution is 14.1. The molecule has 0 N–H and O–H groups in total. The van der Waals surface area contributed by atoms with Crippen molar-refractivity contribution in [2.45, 2.75) is 4.90 Å². The average Bonchev–Trinajstić information content (AvgIpc) is 2.85. The molecule has 1 aromatic carbocycles. The van der Waals surface area contributed by atoms with Crippen LogP contribution in [0.2, 0.25) is 0 Å². The van der Waals surface area contributed by atoms with E-state index in [1.54, 1.807) is 24.3 Å². The first-order chi connectivity index (χ1) is 10.0. The normalized spacial score (nSPS) is 11.4. The largest absolute Gasteiger partial charge is 0.269 e. The maximum absolute atomic E-state index is 12.7. The van der Waals surface area contributed by atoms with Gasteiger partial charge in [-0.05, 0) is 40.8 Å². The Hall–Kier alpha value is -1.92. The van der Waals surface area contributed by atoms with Gasteiger partial charge in [0.15, 0.2) is 5.65 Å². The number of halogens is 1. The molecule has 0 unspecified atom stereocenters. The van der Waals surface area contributed by atoms with E-state index in [2.05, 4.69) is 4.98 Å². The second-order valence-electron chi connectivity index (χ2n) is 4.30. The summed E-state index contributed by atoms with van der Waals surface area (Å²) >= 11 is 2.04. The van der Waals surface area contributed by atoms with Crippen molar-refractivity contribution in [3.05, 3.63) is 57.9 Å². The van der Waals surface area contributed by atoms with Gasteiger partial charge < -0.3 is 0 Å². The minimum absolute atomic E-state index is 0.199. The lowest BCUT2D eigenvalue weighted by molar-refractivity contribution is 0.588. The van der Waals surface area contributed by atoms with E-state index in [9.17, 15) is 8.42 Å². The molecule has 0 spiro atoms. The van der Waals surface area contributed by atoms with Crippen LogP contribution in [-0.2, 0) is 10.0 Å². The van der Waals surface area contributed by atoms with Crippen LogP contribution in [0.1, 0.15) is 5.56 Å². The Bertz CT molecular complexity index is 973. The Balaban J connectivity index is 2.30. The van der Waals surface area contributed by atoms with Gasteiger partial charge in [-0.15, -0.1) is 0 Å². The van der Waals surface area contributed by atoms with Crippen LogP contribution in [0.4, 0.5) is 0 Å². The summed E-state index contributed by atoms with van der Waals surface area (Å²) in [6.07, 6.45) is 2.89. The Labute approximate surface area is 135 Å². The highest BCUT2D eigenvalue weighted by Gasteiger charge is 2.21. The van der Waals surface area contributed by atoms with E-state index in [1.165, 1.54) is 24.5 Å². The number of fused-ring (bicyclic) bond motifs is 1. The number of pyridine rings is 1. The molecule has 3 rings (SSSR count).